The summed E-state index contributed by atoms with van der Waals surface area (Å²) in [6, 6.07) is 10.2. The highest BCUT2D eigenvalue weighted by Gasteiger charge is 2.24. The van der Waals surface area contributed by atoms with Crippen LogP contribution in [0.1, 0.15) is 24.5 Å². The Kier molecular flexibility index (Phi) is 5.97. The molecule has 1 amide bonds. The molecule has 9 nitrogen and oxygen atoms in total. The zero-order chi connectivity index (χ0) is 23.5. The van der Waals surface area contributed by atoms with Gasteiger partial charge in [-0.2, -0.15) is 10.1 Å². The van der Waals surface area contributed by atoms with E-state index in [1.807, 2.05) is 53.4 Å². The Bertz CT molecular complexity index is 1360. The predicted octanol–water partition coefficient (Wildman–Crippen LogP) is 3.08. The van der Waals surface area contributed by atoms with E-state index < -0.39 is 0 Å². The summed E-state index contributed by atoms with van der Waals surface area (Å²) in [5.74, 6) is 5.43. The van der Waals surface area contributed by atoms with Gasteiger partial charge in [0.25, 0.3) is 5.91 Å². The number of anilines is 2. The maximum atomic E-state index is 11.6. The van der Waals surface area contributed by atoms with E-state index in [4.69, 9.17) is 4.98 Å². The van der Waals surface area contributed by atoms with Crippen molar-refractivity contribution in [2.24, 2.45) is 0 Å². The Morgan fingerprint density at radius 3 is 2.88 bits per heavy atom. The first-order chi connectivity index (χ1) is 16.6. The second-order valence-electron chi connectivity index (χ2n) is 8.44. The Morgan fingerprint density at radius 2 is 2.12 bits per heavy atom. The van der Waals surface area contributed by atoms with Crippen molar-refractivity contribution in [1.82, 2.24) is 29.7 Å². The van der Waals surface area contributed by atoms with Gasteiger partial charge in [-0.25, -0.2) is 4.52 Å². The molecule has 0 spiro atoms. The summed E-state index contributed by atoms with van der Waals surface area (Å²) in [7, 11) is 0. The Labute approximate surface area is 197 Å². The van der Waals surface area contributed by atoms with E-state index in [1.54, 1.807) is 6.92 Å². The van der Waals surface area contributed by atoms with E-state index in [-0.39, 0.29) is 11.9 Å². The van der Waals surface area contributed by atoms with Gasteiger partial charge in [-0.3, -0.25) is 14.8 Å². The molecule has 0 saturated carbocycles. The number of aromatic amines is 1. The fraction of sp³-hybridized carbons (Fsp3) is 0.280. The van der Waals surface area contributed by atoms with Crippen LogP contribution in [-0.4, -0.2) is 54.7 Å². The average molecular weight is 455 g/mol. The number of fused-ring (bicyclic) bond motifs is 1. The van der Waals surface area contributed by atoms with Crippen LogP contribution in [0.3, 0.4) is 0 Å². The monoisotopic (exact) mass is 454 g/mol. The van der Waals surface area contributed by atoms with Crippen molar-refractivity contribution in [2.75, 3.05) is 23.7 Å². The van der Waals surface area contributed by atoms with Crippen LogP contribution >= 0.6 is 0 Å². The fourth-order valence-electron chi connectivity index (χ4n) is 4.35. The number of carbonyl (C=O) groups is 1. The number of benzene rings is 1. The van der Waals surface area contributed by atoms with E-state index in [0.29, 0.717) is 5.95 Å². The van der Waals surface area contributed by atoms with Gasteiger partial charge in [-0.05, 0) is 55.5 Å². The lowest BCUT2D eigenvalue weighted by Gasteiger charge is -2.16. The number of aromatic nitrogens is 5. The normalized spacial score (nSPS) is 15.8. The SMILES string of the molecule is CC#CC(=O)Nc1ccc(CN2CC[C@@H](Nc3nc4c(C)c(-c5cn[nH]c5)ccn4n3)C2)cc1. The second kappa shape index (κ2) is 9.37. The highest BCUT2D eigenvalue weighted by atomic mass is 16.1. The number of aryl methyl sites for hydroxylation is 1. The maximum Gasteiger partial charge on any atom is 0.300 e. The summed E-state index contributed by atoms with van der Waals surface area (Å²) < 4.78 is 1.82. The van der Waals surface area contributed by atoms with E-state index in [9.17, 15) is 4.79 Å². The van der Waals surface area contributed by atoms with Crippen LogP contribution in [0.2, 0.25) is 0 Å². The minimum atomic E-state index is -0.294. The Hall–Kier alpha value is -4.16. The molecule has 0 radical (unpaired) electrons. The Balaban J connectivity index is 1.20. The second-order valence-corrected chi connectivity index (χ2v) is 8.44. The maximum absolute atomic E-state index is 11.6. The Morgan fingerprint density at radius 1 is 1.26 bits per heavy atom. The van der Waals surface area contributed by atoms with Crippen LogP contribution in [0.5, 0.6) is 0 Å². The van der Waals surface area contributed by atoms with E-state index in [1.165, 1.54) is 5.56 Å². The number of carbonyl (C=O) groups excluding carboxylic acids is 1. The van der Waals surface area contributed by atoms with Gasteiger partial charge in [0.15, 0.2) is 5.65 Å². The molecule has 0 bridgehead atoms. The number of nitrogens with one attached hydrogen (secondary N) is 3. The molecule has 5 rings (SSSR count). The first-order valence-corrected chi connectivity index (χ1v) is 11.3. The third kappa shape index (κ3) is 4.63. The number of hydrogen-bond acceptors (Lipinski definition) is 6. The van der Waals surface area contributed by atoms with Gasteiger partial charge in [0.2, 0.25) is 5.95 Å². The first kappa shape index (κ1) is 21.7. The molecule has 1 aliphatic heterocycles. The van der Waals surface area contributed by atoms with Gasteiger partial charge < -0.3 is 10.6 Å². The molecular formula is C25H26N8O. The molecule has 9 heteroatoms. The van der Waals surface area contributed by atoms with Gasteiger partial charge in [0.1, 0.15) is 0 Å². The molecule has 1 saturated heterocycles. The van der Waals surface area contributed by atoms with Crippen molar-refractivity contribution in [1.29, 1.82) is 0 Å². The summed E-state index contributed by atoms with van der Waals surface area (Å²) in [6.45, 7) is 6.47. The first-order valence-electron chi connectivity index (χ1n) is 11.3. The van der Waals surface area contributed by atoms with Crippen molar-refractivity contribution in [3.8, 4) is 23.0 Å². The summed E-state index contributed by atoms with van der Waals surface area (Å²) in [6.07, 6.45) is 6.65. The zero-order valence-electron chi connectivity index (χ0n) is 19.2. The van der Waals surface area contributed by atoms with Crippen LogP contribution in [0, 0.1) is 18.8 Å². The number of rotatable bonds is 6. The van der Waals surface area contributed by atoms with Gasteiger partial charge in [0, 0.05) is 54.9 Å². The standard InChI is InChI=1S/C25H26N8O/c1-3-4-23(34)28-20-7-5-18(6-8-20)15-32-11-9-21(16-32)29-25-30-24-17(2)22(10-12-33(24)31-25)19-13-26-27-14-19/h5-8,10,12-14,21H,9,11,15-16H2,1-2H3,(H,26,27)(H,28,34)(H,29,31)/t21-/m1/s1. The molecule has 1 aromatic carbocycles. The molecule has 1 atom stereocenters. The summed E-state index contributed by atoms with van der Waals surface area (Å²) >= 11 is 0. The lowest BCUT2D eigenvalue weighted by molar-refractivity contribution is -0.111. The molecule has 34 heavy (non-hydrogen) atoms. The highest BCUT2D eigenvalue weighted by Crippen LogP contribution is 2.25. The van der Waals surface area contributed by atoms with Gasteiger partial charge in [-0.1, -0.05) is 18.1 Å². The molecule has 4 aromatic rings. The van der Waals surface area contributed by atoms with Crippen molar-refractivity contribution in [3.63, 3.8) is 0 Å². The number of likely N-dealkylation sites (tertiary alicyclic amines) is 1. The van der Waals surface area contributed by atoms with Crippen molar-refractivity contribution in [2.45, 2.75) is 32.9 Å². The van der Waals surface area contributed by atoms with Crippen molar-refractivity contribution in [3.05, 3.63) is 60.0 Å². The fourth-order valence-corrected chi connectivity index (χ4v) is 4.35. The van der Waals surface area contributed by atoms with Crippen LogP contribution in [0.15, 0.2) is 48.9 Å². The molecule has 172 valence electrons. The smallest absolute Gasteiger partial charge is 0.300 e. The van der Waals surface area contributed by atoms with Crippen LogP contribution in [0.25, 0.3) is 16.8 Å². The number of amides is 1. The molecule has 3 aromatic heterocycles. The molecule has 0 aliphatic carbocycles. The lowest BCUT2D eigenvalue weighted by Crippen LogP contribution is -2.26. The molecule has 0 unspecified atom stereocenters. The predicted molar refractivity (Wildman–Crippen MR) is 131 cm³/mol. The van der Waals surface area contributed by atoms with Crippen molar-refractivity contribution >= 4 is 23.2 Å². The molecule has 4 heterocycles. The number of H-pyrrole nitrogens is 1. The third-order valence-corrected chi connectivity index (χ3v) is 6.02. The van der Waals surface area contributed by atoms with E-state index in [0.717, 1.165) is 54.1 Å². The minimum absolute atomic E-state index is 0.289. The van der Waals surface area contributed by atoms with Crippen LogP contribution in [0.4, 0.5) is 11.6 Å². The molecule has 1 fully saturated rings. The van der Waals surface area contributed by atoms with Gasteiger partial charge >= 0.3 is 0 Å². The topological polar surface area (TPSA) is 103 Å². The summed E-state index contributed by atoms with van der Waals surface area (Å²) in [5, 5.41) is 17.8. The average Bonchev–Trinajstić information content (AvgIpc) is 3.58. The lowest BCUT2D eigenvalue weighted by atomic mass is 10.1. The minimum Gasteiger partial charge on any atom is -0.349 e. The van der Waals surface area contributed by atoms with Crippen LogP contribution in [-0.2, 0) is 11.3 Å². The molecular weight excluding hydrogens is 428 g/mol. The number of nitrogens with zero attached hydrogens (tertiary/aromatic N) is 5. The quantitative estimate of drug-likeness (QED) is 0.387. The zero-order valence-corrected chi connectivity index (χ0v) is 19.2. The number of pyridine rings is 1. The van der Waals surface area contributed by atoms with Crippen LogP contribution < -0.4 is 10.6 Å². The third-order valence-electron chi connectivity index (χ3n) is 6.02. The summed E-state index contributed by atoms with van der Waals surface area (Å²) in [4.78, 5) is 18.8. The van der Waals surface area contributed by atoms with Gasteiger partial charge in [0.05, 0.1) is 6.20 Å². The largest absolute Gasteiger partial charge is 0.349 e. The molecule has 3 N–H and O–H groups in total. The van der Waals surface area contributed by atoms with Gasteiger partial charge in [-0.15, -0.1) is 5.10 Å². The summed E-state index contributed by atoms with van der Waals surface area (Å²) in [5.41, 5.74) is 5.99. The van der Waals surface area contributed by atoms with E-state index in [2.05, 4.69) is 49.6 Å². The number of hydrogen-bond donors (Lipinski definition) is 3. The van der Waals surface area contributed by atoms with Crippen molar-refractivity contribution < 1.29 is 4.79 Å². The molecule has 1 aliphatic rings. The highest BCUT2D eigenvalue weighted by molar-refractivity contribution is 6.03. The van der Waals surface area contributed by atoms with E-state index >= 15 is 0 Å².